The molecule has 5 rings (SSSR count). The van der Waals surface area contributed by atoms with Crippen LogP contribution in [-0.4, -0.2) is 74.3 Å². The second-order valence-electron chi connectivity index (χ2n) is 12.2. The highest BCUT2D eigenvalue weighted by atomic mass is 35.5. The van der Waals surface area contributed by atoms with Crippen molar-refractivity contribution in [3.8, 4) is 0 Å². The molecule has 0 aromatic heterocycles. The topological polar surface area (TPSA) is 137 Å². The summed E-state index contributed by atoms with van der Waals surface area (Å²) in [5.74, 6) is -2.48. The zero-order valence-corrected chi connectivity index (χ0v) is 27.9. The number of ether oxygens (including phenoxy) is 1. The number of nitrogens with zero attached hydrogens (tertiary/aromatic N) is 1. The van der Waals surface area contributed by atoms with Crippen molar-refractivity contribution in [3.63, 3.8) is 0 Å². The Morgan fingerprint density at radius 3 is 2.40 bits per heavy atom. The first-order valence-corrected chi connectivity index (χ1v) is 17.7. The average Bonchev–Trinajstić information content (AvgIpc) is 3.05. The zero-order valence-electron chi connectivity index (χ0n) is 26.4. The second-order valence-corrected chi connectivity index (χ2v) is 14.5. The number of carbonyl (C=O) groups excluding carboxylic acids is 1. The molecule has 0 radical (unpaired) electrons. The van der Waals surface area contributed by atoms with Gasteiger partial charge in [-0.05, 0) is 92.6 Å². The number of carbonyl (C=O) groups is 2. The molecule has 10 nitrogen and oxygen atoms in total. The number of carboxylic acid groups (broad SMARTS) is 1. The Morgan fingerprint density at radius 1 is 1.04 bits per heavy atom. The SMILES string of the molecule is C[C@@H]1CNC[C@H](CCc2c(F)cccc2NC(=O)[C@@H](NC(=O)O)[C@@H](c2ccc(Cl)cc2)C2CCOCC2)N1S(=O)(=O)c1ccc(F)cc1. The number of benzene rings is 3. The molecule has 3 aromatic rings. The second kappa shape index (κ2) is 15.7. The third-order valence-electron chi connectivity index (χ3n) is 9.06. The Kier molecular flexibility index (Phi) is 11.7. The van der Waals surface area contributed by atoms with Gasteiger partial charge in [-0.25, -0.2) is 22.0 Å². The van der Waals surface area contributed by atoms with Crippen LogP contribution in [0.25, 0.3) is 0 Å². The minimum Gasteiger partial charge on any atom is -0.465 e. The summed E-state index contributed by atoms with van der Waals surface area (Å²) in [7, 11) is -4.01. The van der Waals surface area contributed by atoms with Gasteiger partial charge in [-0.15, -0.1) is 0 Å². The van der Waals surface area contributed by atoms with Crippen molar-refractivity contribution in [3.05, 3.63) is 94.5 Å². The highest BCUT2D eigenvalue weighted by Crippen LogP contribution is 2.36. The van der Waals surface area contributed by atoms with Gasteiger partial charge < -0.3 is 25.8 Å². The number of halogens is 3. The maximum Gasteiger partial charge on any atom is 0.405 e. The van der Waals surface area contributed by atoms with Crippen LogP contribution in [-0.2, 0) is 26.0 Å². The standard InChI is InChI=1S/C34H39ClF2N4O6S/c1-21-19-38-20-26(41(21)48(45,46)27-12-9-25(36)10-13-27)11-14-28-29(37)3-2-4-30(28)39-33(42)32(40-34(43)44)31(23-15-17-47-18-16-23)22-5-7-24(35)8-6-22/h2-10,12-13,21,23,26,31-32,38,40H,11,14-20H2,1H3,(H,39,42)(H,43,44)/t21-,26+,31+,32+/m1/s1. The van der Waals surface area contributed by atoms with Crippen molar-refractivity contribution in [2.45, 2.75) is 61.5 Å². The van der Waals surface area contributed by atoms with E-state index in [0.717, 1.165) is 17.7 Å². The van der Waals surface area contributed by atoms with E-state index in [4.69, 9.17) is 16.3 Å². The van der Waals surface area contributed by atoms with E-state index in [1.165, 1.54) is 34.6 Å². The fraction of sp³-hybridized carbons (Fsp3) is 0.412. The number of anilines is 1. The highest BCUT2D eigenvalue weighted by Gasteiger charge is 2.39. The molecule has 4 N–H and O–H groups in total. The molecule has 2 aliphatic heterocycles. The van der Waals surface area contributed by atoms with Gasteiger partial charge in [0.1, 0.15) is 17.7 Å². The molecule has 0 unspecified atom stereocenters. The van der Waals surface area contributed by atoms with E-state index in [1.807, 2.05) is 0 Å². The Balaban J connectivity index is 1.41. The molecule has 4 atom stereocenters. The van der Waals surface area contributed by atoms with E-state index in [2.05, 4.69) is 16.0 Å². The van der Waals surface area contributed by atoms with Crippen LogP contribution >= 0.6 is 11.6 Å². The van der Waals surface area contributed by atoms with Gasteiger partial charge in [0.2, 0.25) is 15.9 Å². The molecule has 14 heteroatoms. The fourth-order valence-electron chi connectivity index (χ4n) is 6.79. The van der Waals surface area contributed by atoms with Crippen LogP contribution in [0.2, 0.25) is 5.02 Å². The third-order valence-corrected chi connectivity index (χ3v) is 11.4. The molecule has 2 fully saturated rings. The van der Waals surface area contributed by atoms with Crippen LogP contribution < -0.4 is 16.0 Å². The lowest BCUT2D eigenvalue weighted by molar-refractivity contribution is -0.119. The van der Waals surface area contributed by atoms with E-state index in [-0.39, 0.29) is 34.9 Å². The largest absolute Gasteiger partial charge is 0.465 e. The van der Waals surface area contributed by atoms with Crippen molar-refractivity contribution < 1.29 is 36.6 Å². The summed E-state index contributed by atoms with van der Waals surface area (Å²) in [5, 5.41) is 18.7. The van der Waals surface area contributed by atoms with E-state index in [1.54, 1.807) is 31.2 Å². The van der Waals surface area contributed by atoms with Gasteiger partial charge in [0, 0.05) is 60.6 Å². The van der Waals surface area contributed by atoms with Crippen LogP contribution in [0.3, 0.4) is 0 Å². The minimum atomic E-state index is -4.01. The molecular weight excluding hydrogens is 666 g/mol. The van der Waals surface area contributed by atoms with Crippen molar-refractivity contribution in [1.29, 1.82) is 0 Å². The zero-order chi connectivity index (χ0) is 34.4. The van der Waals surface area contributed by atoms with Gasteiger partial charge in [-0.2, -0.15) is 4.31 Å². The highest BCUT2D eigenvalue weighted by molar-refractivity contribution is 7.89. The molecule has 0 saturated carbocycles. The Morgan fingerprint density at radius 2 is 1.73 bits per heavy atom. The van der Waals surface area contributed by atoms with Gasteiger partial charge in [0.25, 0.3) is 0 Å². The summed E-state index contributed by atoms with van der Waals surface area (Å²) in [6.45, 7) is 3.40. The van der Waals surface area contributed by atoms with Crippen molar-refractivity contribution in [2.24, 2.45) is 5.92 Å². The summed E-state index contributed by atoms with van der Waals surface area (Å²) >= 11 is 6.13. The van der Waals surface area contributed by atoms with Crippen LogP contribution in [0.4, 0.5) is 19.3 Å². The van der Waals surface area contributed by atoms with Crippen molar-refractivity contribution >= 4 is 39.3 Å². The number of sulfonamides is 1. The number of amides is 2. The van der Waals surface area contributed by atoms with Crippen LogP contribution in [0.1, 0.15) is 43.2 Å². The summed E-state index contributed by atoms with van der Waals surface area (Å²) in [5.41, 5.74) is 1.04. The smallest absolute Gasteiger partial charge is 0.405 e. The molecule has 258 valence electrons. The maximum atomic E-state index is 15.5. The number of piperazine rings is 1. The van der Waals surface area contributed by atoms with Crippen LogP contribution in [0.15, 0.2) is 71.6 Å². The van der Waals surface area contributed by atoms with E-state index in [0.29, 0.717) is 44.2 Å². The third kappa shape index (κ3) is 8.32. The van der Waals surface area contributed by atoms with Crippen LogP contribution in [0, 0.1) is 17.6 Å². The van der Waals surface area contributed by atoms with Crippen LogP contribution in [0.5, 0.6) is 0 Å². The Bertz CT molecular complexity index is 1690. The monoisotopic (exact) mass is 704 g/mol. The summed E-state index contributed by atoms with van der Waals surface area (Å²) in [4.78, 5) is 26.0. The molecule has 2 amide bonds. The lowest BCUT2D eigenvalue weighted by atomic mass is 9.76. The molecule has 0 spiro atoms. The van der Waals surface area contributed by atoms with Gasteiger partial charge in [-0.1, -0.05) is 29.8 Å². The molecule has 2 saturated heterocycles. The molecule has 0 aliphatic carbocycles. The Labute approximate surface area is 283 Å². The summed E-state index contributed by atoms with van der Waals surface area (Å²) < 4.78 is 63.3. The number of nitrogens with one attached hydrogen (secondary N) is 3. The summed E-state index contributed by atoms with van der Waals surface area (Å²) in [6, 6.07) is 13.5. The first kappa shape index (κ1) is 35.7. The Hall–Kier alpha value is -3.62. The molecule has 48 heavy (non-hydrogen) atoms. The average molecular weight is 705 g/mol. The number of rotatable bonds is 11. The minimum absolute atomic E-state index is 0.0433. The predicted octanol–water partition coefficient (Wildman–Crippen LogP) is 5.39. The van der Waals surface area contributed by atoms with E-state index >= 15 is 4.39 Å². The normalized spacial score (nSPS) is 20.5. The quantitative estimate of drug-likeness (QED) is 0.210. The molecule has 0 bridgehead atoms. The van der Waals surface area contributed by atoms with Gasteiger partial charge in [0.05, 0.1) is 4.90 Å². The van der Waals surface area contributed by atoms with Crippen molar-refractivity contribution in [1.82, 2.24) is 14.9 Å². The lowest BCUT2D eigenvalue weighted by Gasteiger charge is -2.40. The predicted molar refractivity (Wildman–Crippen MR) is 178 cm³/mol. The number of hydrogen-bond acceptors (Lipinski definition) is 6. The van der Waals surface area contributed by atoms with Crippen molar-refractivity contribution in [2.75, 3.05) is 31.6 Å². The first-order valence-electron chi connectivity index (χ1n) is 15.9. The van der Waals surface area contributed by atoms with Gasteiger partial charge >= 0.3 is 6.09 Å². The maximum absolute atomic E-state index is 15.5. The fourth-order valence-corrected chi connectivity index (χ4v) is 8.76. The van der Waals surface area contributed by atoms with Gasteiger partial charge in [-0.3, -0.25) is 4.79 Å². The van der Waals surface area contributed by atoms with E-state index in [9.17, 15) is 27.5 Å². The van der Waals surface area contributed by atoms with E-state index < -0.39 is 57.7 Å². The van der Waals surface area contributed by atoms with Gasteiger partial charge in [0.15, 0.2) is 0 Å². The molecule has 3 aromatic carbocycles. The molecular formula is C34H39ClF2N4O6S. The number of hydrogen-bond donors (Lipinski definition) is 4. The lowest BCUT2D eigenvalue weighted by Crippen LogP contribution is -2.58. The summed E-state index contributed by atoms with van der Waals surface area (Å²) in [6.07, 6.45) is 0.0909. The molecule has 2 heterocycles. The first-order chi connectivity index (χ1) is 23.0. The molecule has 2 aliphatic rings.